The molecule has 6 N–H and O–H groups in total. The second-order valence-electron chi connectivity index (χ2n) is 7.01. The Hall–Kier alpha value is 0.0569. The lowest BCUT2D eigenvalue weighted by Crippen LogP contribution is -2.33. The maximum atomic E-state index is 10.1. The lowest BCUT2D eigenvalue weighted by atomic mass is 10.1. The SMILES string of the molecule is NCCCCCCCCC[Si](O)(O)CCCCCCCCCN. The topological polar surface area (TPSA) is 92.5 Å². The molecule has 0 saturated heterocycles. The van der Waals surface area contributed by atoms with Crippen molar-refractivity contribution in [2.24, 2.45) is 11.5 Å². The zero-order valence-corrected chi connectivity index (χ0v) is 16.3. The molecule has 0 atom stereocenters. The van der Waals surface area contributed by atoms with E-state index >= 15 is 0 Å². The minimum Gasteiger partial charge on any atom is -0.411 e. The number of hydrogen-bond donors (Lipinski definition) is 4. The third kappa shape index (κ3) is 18.2. The summed E-state index contributed by atoms with van der Waals surface area (Å²) in [5.41, 5.74) is 10.9. The summed E-state index contributed by atoms with van der Waals surface area (Å²) in [5.74, 6) is 0. The van der Waals surface area contributed by atoms with Crippen LogP contribution >= 0.6 is 0 Å². The summed E-state index contributed by atoms with van der Waals surface area (Å²) >= 11 is 0. The highest BCUT2D eigenvalue weighted by molar-refractivity contribution is 6.64. The molecule has 0 bridgehead atoms. The quantitative estimate of drug-likeness (QED) is 0.224. The van der Waals surface area contributed by atoms with Crippen LogP contribution in [0.2, 0.25) is 12.1 Å². The zero-order valence-electron chi connectivity index (χ0n) is 15.3. The fourth-order valence-electron chi connectivity index (χ4n) is 3.00. The Balaban J connectivity index is 3.33. The van der Waals surface area contributed by atoms with Gasteiger partial charge in [0.05, 0.1) is 0 Å². The van der Waals surface area contributed by atoms with Gasteiger partial charge in [0.25, 0.3) is 0 Å². The first-order valence-corrected chi connectivity index (χ1v) is 12.3. The van der Waals surface area contributed by atoms with Gasteiger partial charge in [-0.15, -0.1) is 0 Å². The van der Waals surface area contributed by atoms with Crippen molar-refractivity contribution in [2.45, 2.75) is 102 Å². The van der Waals surface area contributed by atoms with E-state index in [-0.39, 0.29) is 0 Å². The molecule has 0 aromatic carbocycles. The highest BCUT2D eigenvalue weighted by atomic mass is 28.4. The third-order valence-electron chi connectivity index (χ3n) is 4.56. The van der Waals surface area contributed by atoms with Crippen LogP contribution < -0.4 is 11.5 Å². The molecule has 0 aromatic heterocycles. The smallest absolute Gasteiger partial charge is 0.332 e. The summed E-state index contributed by atoms with van der Waals surface area (Å²) in [7, 11) is -2.90. The van der Waals surface area contributed by atoms with Gasteiger partial charge in [0.2, 0.25) is 0 Å². The molecular formula is C18H42N2O2Si. The number of hydrogen-bond acceptors (Lipinski definition) is 4. The molecule has 140 valence electrons. The first kappa shape index (κ1) is 23.1. The van der Waals surface area contributed by atoms with Crippen molar-refractivity contribution < 1.29 is 9.59 Å². The van der Waals surface area contributed by atoms with Crippen LogP contribution in [0, 0.1) is 0 Å². The summed E-state index contributed by atoms with van der Waals surface area (Å²) < 4.78 is 0. The Labute approximate surface area is 145 Å². The normalized spacial score (nSPS) is 12.0. The lowest BCUT2D eigenvalue weighted by molar-refractivity contribution is 0.350. The van der Waals surface area contributed by atoms with E-state index in [1.807, 2.05) is 0 Å². The van der Waals surface area contributed by atoms with Crippen molar-refractivity contribution in [1.82, 2.24) is 0 Å². The number of rotatable bonds is 18. The molecule has 4 nitrogen and oxygen atoms in total. The van der Waals surface area contributed by atoms with Crippen molar-refractivity contribution in [3.05, 3.63) is 0 Å². The summed E-state index contributed by atoms with van der Waals surface area (Å²) in [6.07, 6.45) is 16.5. The highest BCUT2D eigenvalue weighted by Crippen LogP contribution is 2.19. The largest absolute Gasteiger partial charge is 0.411 e. The predicted octanol–water partition coefficient (Wildman–Crippen LogP) is 3.79. The molecule has 0 spiro atoms. The van der Waals surface area contributed by atoms with Gasteiger partial charge in [-0.05, 0) is 38.0 Å². The van der Waals surface area contributed by atoms with Gasteiger partial charge in [-0.3, -0.25) is 0 Å². The minimum atomic E-state index is -2.90. The molecule has 0 saturated carbocycles. The summed E-state index contributed by atoms with van der Waals surface area (Å²) in [6.45, 7) is 1.60. The fourth-order valence-corrected chi connectivity index (χ4v) is 4.88. The third-order valence-corrected chi connectivity index (χ3v) is 6.87. The first-order chi connectivity index (χ1) is 11.1. The fraction of sp³-hybridized carbons (Fsp3) is 1.00. The van der Waals surface area contributed by atoms with E-state index in [1.54, 1.807) is 0 Å². The van der Waals surface area contributed by atoms with E-state index in [0.717, 1.165) is 51.6 Å². The van der Waals surface area contributed by atoms with Crippen LogP contribution in [0.15, 0.2) is 0 Å². The molecular weight excluding hydrogens is 304 g/mol. The summed E-state index contributed by atoms with van der Waals surface area (Å²) in [6, 6.07) is 1.32. The standard InChI is InChI=1S/C18H42N2O2Si/c19-15-11-7-3-1-5-9-13-17-23(21,22)18-14-10-6-2-4-8-12-16-20/h21-22H,1-20H2. The maximum Gasteiger partial charge on any atom is 0.332 e. The number of unbranched alkanes of at least 4 members (excludes halogenated alkanes) is 12. The average Bonchev–Trinajstić information content (AvgIpc) is 2.52. The molecule has 0 amide bonds. The van der Waals surface area contributed by atoms with E-state index in [4.69, 9.17) is 11.5 Å². The second-order valence-corrected chi connectivity index (χ2v) is 9.97. The molecule has 0 aliphatic heterocycles. The Morgan fingerprint density at radius 2 is 0.696 bits per heavy atom. The van der Waals surface area contributed by atoms with Crippen LogP contribution in [-0.2, 0) is 0 Å². The first-order valence-electron chi connectivity index (χ1n) is 9.97. The average molecular weight is 347 g/mol. The molecule has 0 rings (SSSR count). The molecule has 0 aliphatic carbocycles. The molecule has 0 radical (unpaired) electrons. The van der Waals surface area contributed by atoms with Crippen LogP contribution in [0.3, 0.4) is 0 Å². The van der Waals surface area contributed by atoms with Crippen LogP contribution in [0.4, 0.5) is 0 Å². The molecule has 0 fully saturated rings. The van der Waals surface area contributed by atoms with Gasteiger partial charge >= 0.3 is 8.56 Å². The van der Waals surface area contributed by atoms with Gasteiger partial charge in [0.1, 0.15) is 0 Å². The number of nitrogens with two attached hydrogens (primary N) is 2. The Kier molecular flexibility index (Phi) is 16.9. The van der Waals surface area contributed by atoms with Crippen molar-refractivity contribution >= 4 is 8.56 Å². The molecule has 5 heteroatoms. The molecule has 0 aromatic rings. The van der Waals surface area contributed by atoms with Crippen LogP contribution in [-0.4, -0.2) is 31.2 Å². The van der Waals surface area contributed by atoms with E-state index in [9.17, 15) is 9.59 Å². The van der Waals surface area contributed by atoms with Crippen molar-refractivity contribution in [2.75, 3.05) is 13.1 Å². The monoisotopic (exact) mass is 346 g/mol. The van der Waals surface area contributed by atoms with Crippen molar-refractivity contribution in [3.63, 3.8) is 0 Å². The summed E-state index contributed by atoms with van der Waals surface area (Å²) in [4.78, 5) is 20.3. The van der Waals surface area contributed by atoms with Crippen LogP contribution in [0.1, 0.15) is 89.9 Å². The van der Waals surface area contributed by atoms with Gasteiger partial charge < -0.3 is 21.1 Å². The van der Waals surface area contributed by atoms with Gasteiger partial charge in [-0.2, -0.15) is 0 Å². The van der Waals surface area contributed by atoms with Gasteiger partial charge in [-0.1, -0.05) is 77.0 Å². The van der Waals surface area contributed by atoms with E-state index in [1.165, 1.54) is 51.4 Å². The maximum absolute atomic E-state index is 10.1. The Bertz CT molecular complexity index is 219. The van der Waals surface area contributed by atoms with Gasteiger partial charge in [0, 0.05) is 0 Å². The van der Waals surface area contributed by atoms with Crippen molar-refractivity contribution in [3.8, 4) is 0 Å². The van der Waals surface area contributed by atoms with Gasteiger partial charge in [-0.25, -0.2) is 0 Å². The van der Waals surface area contributed by atoms with Gasteiger partial charge in [0.15, 0.2) is 0 Å². The Morgan fingerprint density at radius 1 is 0.435 bits per heavy atom. The lowest BCUT2D eigenvalue weighted by Gasteiger charge is -2.17. The Morgan fingerprint density at radius 3 is 1.00 bits per heavy atom. The molecule has 23 heavy (non-hydrogen) atoms. The molecule has 0 aliphatic rings. The van der Waals surface area contributed by atoms with Crippen LogP contribution in [0.5, 0.6) is 0 Å². The minimum absolute atomic E-state index is 0.659. The predicted molar refractivity (Wildman–Crippen MR) is 103 cm³/mol. The second kappa shape index (κ2) is 16.9. The molecule has 0 heterocycles. The highest BCUT2D eigenvalue weighted by Gasteiger charge is 2.27. The van der Waals surface area contributed by atoms with E-state index in [0.29, 0.717) is 12.1 Å². The van der Waals surface area contributed by atoms with E-state index in [2.05, 4.69) is 0 Å². The molecule has 0 unspecified atom stereocenters. The van der Waals surface area contributed by atoms with E-state index < -0.39 is 8.56 Å². The van der Waals surface area contributed by atoms with Crippen LogP contribution in [0.25, 0.3) is 0 Å². The zero-order chi connectivity index (χ0) is 17.2. The van der Waals surface area contributed by atoms with Crippen molar-refractivity contribution in [1.29, 1.82) is 0 Å². The summed E-state index contributed by atoms with van der Waals surface area (Å²) in [5, 5.41) is 0.